The predicted molar refractivity (Wildman–Crippen MR) is 187 cm³/mol. The minimum Gasteiger partial charge on any atom is -0.480 e. The minimum atomic E-state index is 0. The molecule has 0 aromatic heterocycles. The van der Waals surface area contributed by atoms with Gasteiger partial charge in [-0.15, -0.1) is 0 Å². The van der Waals surface area contributed by atoms with Crippen LogP contribution in [0.25, 0.3) is 0 Å². The Labute approximate surface area is 284 Å². The molecule has 0 spiro atoms. The highest BCUT2D eigenvalue weighted by molar-refractivity contribution is 5.80. The van der Waals surface area contributed by atoms with E-state index >= 15 is 0 Å². The third kappa shape index (κ3) is 28.6. The molecule has 5 saturated heterocycles. The van der Waals surface area contributed by atoms with Crippen molar-refractivity contribution in [2.75, 3.05) is 52.6 Å². The highest BCUT2D eigenvalue weighted by Crippen LogP contribution is 2.12. The zero-order valence-corrected chi connectivity index (χ0v) is 28.2. The van der Waals surface area contributed by atoms with Gasteiger partial charge in [0.05, 0.1) is 13.2 Å². The number of piperidine rings is 1. The minimum absolute atomic E-state index is 0. The first-order chi connectivity index (χ1) is 22.3. The Hall–Kier alpha value is -3.34. The first-order valence-electron chi connectivity index (χ1n) is 17.2. The number of amides is 1. The van der Waals surface area contributed by atoms with E-state index in [0.717, 1.165) is 136 Å². The van der Waals surface area contributed by atoms with Crippen LogP contribution in [-0.2, 0) is 33.4 Å². The maximum Gasteiger partial charge on any atom is 0.219 e. The molecule has 2 aliphatic carbocycles. The Balaban J connectivity index is 0.000000524. The van der Waals surface area contributed by atoms with Crippen LogP contribution in [0.15, 0.2) is 37.2 Å². The fraction of sp³-hybridized carbons (Fsp3) is 0.722. The summed E-state index contributed by atoms with van der Waals surface area (Å²) in [7, 11) is 0. The molecule has 2 saturated carbocycles. The molecule has 7 fully saturated rings. The topological polar surface area (TPSA) is 144 Å². The highest BCUT2D eigenvalue weighted by Gasteiger charge is 2.08. The number of rotatable bonds is 0. The van der Waals surface area contributed by atoms with E-state index in [1.165, 1.54) is 25.0 Å². The average molecular weight is 665 g/mol. The third-order valence-electron chi connectivity index (χ3n) is 7.38. The lowest BCUT2D eigenvalue weighted by Crippen LogP contribution is -2.28. The quantitative estimate of drug-likeness (QED) is 0.267. The molecular weight excluding hydrogens is 600 g/mol. The van der Waals surface area contributed by atoms with Crippen molar-refractivity contribution in [3.8, 4) is 0 Å². The monoisotopic (exact) mass is 664 g/mol. The number of ether oxygens (including phenoxy) is 3. The van der Waals surface area contributed by atoms with Gasteiger partial charge in [-0.2, -0.15) is 0 Å². The molecular formula is C36H64N4O7. The smallest absolute Gasteiger partial charge is 0.219 e. The number of allylic oxidation sites excluding steroid dienone is 1. The van der Waals surface area contributed by atoms with Crippen LogP contribution in [0.3, 0.4) is 0 Å². The highest BCUT2D eigenvalue weighted by atomic mass is 16.5. The first-order valence-corrected chi connectivity index (χ1v) is 17.2. The zero-order chi connectivity index (χ0) is 33.7. The van der Waals surface area contributed by atoms with Gasteiger partial charge in [0, 0.05) is 70.5 Å². The van der Waals surface area contributed by atoms with Crippen molar-refractivity contribution < 1.29 is 33.4 Å². The second kappa shape index (κ2) is 30.0. The fourth-order valence-electron chi connectivity index (χ4n) is 4.69. The molecule has 0 bridgehead atoms. The predicted octanol–water partition coefficient (Wildman–Crippen LogP) is 5.37. The molecule has 11 heteroatoms. The van der Waals surface area contributed by atoms with E-state index in [-0.39, 0.29) is 19.1 Å². The van der Waals surface area contributed by atoms with Crippen LogP contribution in [-0.4, -0.2) is 75.9 Å². The summed E-state index contributed by atoms with van der Waals surface area (Å²) in [5, 5.41) is 11.7. The second-order valence-electron chi connectivity index (χ2n) is 11.7. The number of carbonyl (C=O) groups is 4. The Morgan fingerprint density at radius 3 is 1.21 bits per heavy atom. The molecule has 0 atom stereocenters. The molecule has 0 aromatic carbocycles. The number of carbonyl (C=O) groups excluding carboxylic acids is 4. The average Bonchev–Trinajstić information content (AvgIpc) is 3.86. The number of ketones is 3. The van der Waals surface area contributed by atoms with Gasteiger partial charge in [0.1, 0.15) is 24.8 Å². The van der Waals surface area contributed by atoms with Gasteiger partial charge < -0.3 is 35.5 Å². The van der Waals surface area contributed by atoms with Crippen LogP contribution >= 0.6 is 0 Å². The van der Waals surface area contributed by atoms with Crippen molar-refractivity contribution in [1.82, 2.24) is 21.3 Å². The number of hydrogen-bond donors (Lipinski definition) is 4. The molecule has 7 aliphatic rings. The fourth-order valence-corrected chi connectivity index (χ4v) is 4.69. The molecule has 11 nitrogen and oxygen atoms in total. The first kappa shape index (κ1) is 43.7. The van der Waals surface area contributed by atoms with Crippen LogP contribution in [0.1, 0.15) is 117 Å². The van der Waals surface area contributed by atoms with E-state index in [4.69, 9.17) is 14.2 Å². The summed E-state index contributed by atoms with van der Waals surface area (Å²) in [6, 6.07) is 0. The summed E-state index contributed by atoms with van der Waals surface area (Å²) in [5.41, 5.74) is 1.20. The van der Waals surface area contributed by atoms with Gasteiger partial charge >= 0.3 is 0 Å². The van der Waals surface area contributed by atoms with Crippen LogP contribution in [0.4, 0.5) is 0 Å². The van der Waals surface area contributed by atoms with E-state index in [0.29, 0.717) is 29.9 Å². The maximum atomic E-state index is 10.5. The lowest BCUT2D eigenvalue weighted by Gasteiger charge is -2.15. The number of Topliss-reactive ketones (excluding diaryl/α,β-unsaturated/α-hetero) is 3. The van der Waals surface area contributed by atoms with Crippen molar-refractivity contribution in [2.24, 2.45) is 0 Å². The summed E-state index contributed by atoms with van der Waals surface area (Å²) in [4.78, 5) is 41.4. The standard InChI is InChI=1S/C6H10O.2C5H9NO.C5H9N.C5H8O2.C5H8O.C4H7NO.CH4/c7-6-4-2-1-3-5-6;1-5-6-3-2-4-7-5;7-5-3-1-2-4-6-5;1-5-3-2-4-6-5;6-5-2-1-3-7-4-5;6-5-3-1-2-4-5;1-4-5-2-3-6-4;/h1-5H2;6H,1-4H2;1-4H2,(H,6,7);6H,1-4H2;1-4H2;1-4H2;5H,1-3H2;1H4. The Bertz CT molecular complexity index is 747. The maximum absolute atomic E-state index is 10.5. The molecule has 0 aromatic rings. The van der Waals surface area contributed by atoms with Crippen molar-refractivity contribution in [3.05, 3.63) is 37.2 Å². The summed E-state index contributed by atoms with van der Waals surface area (Å²) in [6.45, 7) is 17.5. The summed E-state index contributed by atoms with van der Waals surface area (Å²) >= 11 is 0. The van der Waals surface area contributed by atoms with Gasteiger partial charge in [0.2, 0.25) is 5.91 Å². The largest absolute Gasteiger partial charge is 0.480 e. The molecule has 7 rings (SSSR count). The van der Waals surface area contributed by atoms with Gasteiger partial charge in [0.25, 0.3) is 0 Å². The van der Waals surface area contributed by atoms with E-state index < -0.39 is 0 Å². The van der Waals surface area contributed by atoms with Crippen molar-refractivity contribution in [1.29, 1.82) is 0 Å². The number of nitrogens with one attached hydrogen (secondary N) is 4. The lowest BCUT2D eigenvalue weighted by molar-refractivity contribution is -0.127. The van der Waals surface area contributed by atoms with Gasteiger partial charge in [-0.05, 0) is 77.4 Å². The SMILES string of the molecule is C.C=C1CCCN1.C=C1NCCCO1.C=C1NCCO1.O=C1CCCC1.O=C1CCCCC1.O=C1CCCCN1.O=C1CCCOC1. The summed E-state index contributed by atoms with van der Waals surface area (Å²) in [6.07, 6.45) is 17.4. The van der Waals surface area contributed by atoms with Crippen LogP contribution in [0.2, 0.25) is 0 Å². The zero-order valence-electron chi connectivity index (χ0n) is 28.2. The van der Waals surface area contributed by atoms with Gasteiger partial charge in [-0.1, -0.05) is 20.4 Å². The number of hydrogen-bond acceptors (Lipinski definition) is 10. The molecule has 0 radical (unpaired) electrons. The lowest BCUT2D eigenvalue weighted by atomic mass is 10.00. The van der Waals surface area contributed by atoms with Crippen LogP contribution in [0.5, 0.6) is 0 Å². The van der Waals surface area contributed by atoms with Crippen molar-refractivity contribution in [2.45, 2.75) is 117 Å². The molecule has 270 valence electrons. The van der Waals surface area contributed by atoms with Gasteiger partial charge in [-0.25, -0.2) is 0 Å². The molecule has 0 unspecified atom stereocenters. The molecule has 1 amide bonds. The Kier molecular flexibility index (Phi) is 27.9. The van der Waals surface area contributed by atoms with E-state index in [1.807, 2.05) is 0 Å². The van der Waals surface area contributed by atoms with Gasteiger partial charge in [-0.3, -0.25) is 19.2 Å². The van der Waals surface area contributed by atoms with E-state index in [1.54, 1.807) is 0 Å². The molecule has 47 heavy (non-hydrogen) atoms. The molecule has 5 aliphatic heterocycles. The molecule has 4 N–H and O–H groups in total. The van der Waals surface area contributed by atoms with E-state index in [2.05, 4.69) is 41.0 Å². The normalized spacial score (nSPS) is 21.0. The van der Waals surface area contributed by atoms with Crippen molar-refractivity contribution >= 4 is 23.3 Å². The van der Waals surface area contributed by atoms with Crippen molar-refractivity contribution in [3.63, 3.8) is 0 Å². The second-order valence-corrected chi connectivity index (χ2v) is 11.7. The van der Waals surface area contributed by atoms with Crippen LogP contribution < -0.4 is 21.3 Å². The Morgan fingerprint density at radius 2 is 0.979 bits per heavy atom. The van der Waals surface area contributed by atoms with E-state index in [9.17, 15) is 19.2 Å². The van der Waals surface area contributed by atoms with Crippen LogP contribution in [0, 0.1) is 0 Å². The Morgan fingerprint density at radius 1 is 0.447 bits per heavy atom. The molecule has 5 heterocycles. The van der Waals surface area contributed by atoms with Gasteiger partial charge in [0.15, 0.2) is 17.5 Å². The summed E-state index contributed by atoms with van der Waals surface area (Å²) in [5.74, 6) is 2.79. The summed E-state index contributed by atoms with van der Waals surface area (Å²) < 4.78 is 14.7. The third-order valence-corrected chi connectivity index (χ3v) is 7.38.